The highest BCUT2D eigenvalue weighted by Crippen LogP contribution is 2.20. The minimum atomic E-state index is -0.221. The number of anilines is 2. The molecular weight excluding hydrogens is 392 g/mol. The maximum atomic E-state index is 12.8. The van der Waals surface area contributed by atoms with Crippen LogP contribution in [0.1, 0.15) is 22.5 Å². The highest BCUT2D eigenvalue weighted by Gasteiger charge is 2.27. The van der Waals surface area contributed by atoms with E-state index in [1.807, 2.05) is 6.07 Å². The van der Waals surface area contributed by atoms with Crippen LogP contribution < -0.4 is 10.2 Å². The van der Waals surface area contributed by atoms with Gasteiger partial charge in [-0.05, 0) is 36.8 Å². The van der Waals surface area contributed by atoms with Crippen LogP contribution in [-0.4, -0.2) is 52.9 Å². The number of nitrogens with zero attached hydrogens (tertiary/aromatic N) is 5. The molecule has 0 aliphatic carbocycles. The predicted molar refractivity (Wildman–Crippen MR) is 110 cm³/mol. The SMILES string of the molecule is C=CC(=O)N(C)c1ccc(C(=O)N2CC[C@@H](Nc3ncc(Cl)c(C#N)n3)C2)cc1. The number of nitrogens with one attached hydrogen (secondary N) is 1. The zero-order chi connectivity index (χ0) is 21.0. The fourth-order valence-corrected chi connectivity index (χ4v) is 3.17. The lowest BCUT2D eigenvalue weighted by Crippen LogP contribution is -2.32. The Kier molecular flexibility index (Phi) is 6.10. The molecule has 148 valence electrons. The third-order valence-electron chi connectivity index (χ3n) is 4.67. The molecule has 1 N–H and O–H groups in total. The van der Waals surface area contributed by atoms with E-state index in [2.05, 4.69) is 21.9 Å². The van der Waals surface area contributed by atoms with Gasteiger partial charge in [-0.2, -0.15) is 5.26 Å². The quantitative estimate of drug-likeness (QED) is 0.759. The third-order valence-corrected chi connectivity index (χ3v) is 4.94. The average molecular weight is 411 g/mol. The average Bonchev–Trinajstić information content (AvgIpc) is 3.22. The summed E-state index contributed by atoms with van der Waals surface area (Å²) in [4.78, 5) is 35.8. The molecule has 2 heterocycles. The zero-order valence-corrected chi connectivity index (χ0v) is 16.6. The maximum absolute atomic E-state index is 12.8. The number of likely N-dealkylation sites (N-methyl/N-ethyl adjacent to an activating group) is 1. The van der Waals surface area contributed by atoms with Crippen molar-refractivity contribution in [2.75, 3.05) is 30.4 Å². The van der Waals surface area contributed by atoms with Crippen LogP contribution in [0, 0.1) is 11.3 Å². The summed E-state index contributed by atoms with van der Waals surface area (Å²) in [6.45, 7) is 4.55. The number of hydrogen-bond donors (Lipinski definition) is 1. The minimum Gasteiger partial charge on any atom is -0.350 e. The normalized spacial score (nSPS) is 15.5. The van der Waals surface area contributed by atoms with Gasteiger partial charge in [0.05, 0.1) is 11.2 Å². The first-order chi connectivity index (χ1) is 13.9. The molecule has 0 unspecified atom stereocenters. The second-order valence-corrected chi connectivity index (χ2v) is 6.94. The fraction of sp³-hybridized carbons (Fsp3) is 0.250. The summed E-state index contributed by atoms with van der Waals surface area (Å²) < 4.78 is 0. The molecule has 1 saturated heterocycles. The van der Waals surface area contributed by atoms with Gasteiger partial charge in [-0.3, -0.25) is 9.59 Å². The Hall–Kier alpha value is -3.44. The summed E-state index contributed by atoms with van der Waals surface area (Å²) in [6, 6.07) is 8.75. The number of rotatable bonds is 5. The number of hydrogen-bond acceptors (Lipinski definition) is 6. The minimum absolute atomic E-state index is 0.0257. The highest BCUT2D eigenvalue weighted by atomic mass is 35.5. The van der Waals surface area contributed by atoms with E-state index >= 15 is 0 Å². The van der Waals surface area contributed by atoms with Crippen LogP contribution in [0.2, 0.25) is 5.02 Å². The molecule has 1 fully saturated rings. The molecular formula is C20H19ClN6O2. The molecule has 9 heteroatoms. The number of halogens is 1. The Morgan fingerprint density at radius 3 is 2.79 bits per heavy atom. The highest BCUT2D eigenvalue weighted by molar-refractivity contribution is 6.31. The second-order valence-electron chi connectivity index (χ2n) is 6.53. The molecule has 0 bridgehead atoms. The smallest absolute Gasteiger partial charge is 0.253 e. The van der Waals surface area contributed by atoms with Gasteiger partial charge in [0.1, 0.15) is 6.07 Å². The van der Waals surface area contributed by atoms with E-state index < -0.39 is 0 Å². The van der Waals surface area contributed by atoms with Crippen molar-refractivity contribution in [1.29, 1.82) is 5.26 Å². The van der Waals surface area contributed by atoms with Crippen molar-refractivity contribution < 1.29 is 9.59 Å². The summed E-state index contributed by atoms with van der Waals surface area (Å²) in [5.41, 5.74) is 1.33. The summed E-state index contributed by atoms with van der Waals surface area (Å²) in [5, 5.41) is 12.4. The fourth-order valence-electron chi connectivity index (χ4n) is 3.03. The van der Waals surface area contributed by atoms with Gasteiger partial charge in [0.2, 0.25) is 11.9 Å². The van der Waals surface area contributed by atoms with E-state index in [-0.39, 0.29) is 28.6 Å². The van der Waals surface area contributed by atoms with E-state index in [0.29, 0.717) is 30.3 Å². The largest absolute Gasteiger partial charge is 0.350 e. The van der Waals surface area contributed by atoms with Crippen molar-refractivity contribution in [1.82, 2.24) is 14.9 Å². The molecule has 1 atom stereocenters. The molecule has 0 radical (unpaired) electrons. The molecule has 2 aromatic rings. The van der Waals surface area contributed by atoms with Crippen LogP contribution in [0.4, 0.5) is 11.6 Å². The van der Waals surface area contributed by atoms with E-state index in [4.69, 9.17) is 16.9 Å². The number of likely N-dealkylation sites (tertiary alicyclic amines) is 1. The molecule has 8 nitrogen and oxygen atoms in total. The van der Waals surface area contributed by atoms with Gasteiger partial charge in [0.25, 0.3) is 5.91 Å². The van der Waals surface area contributed by atoms with Gasteiger partial charge in [-0.25, -0.2) is 9.97 Å². The Labute approximate surface area is 173 Å². The Bertz CT molecular complexity index is 985. The summed E-state index contributed by atoms with van der Waals surface area (Å²) in [6.07, 6.45) is 3.34. The lowest BCUT2D eigenvalue weighted by atomic mass is 10.1. The summed E-state index contributed by atoms with van der Waals surface area (Å²) >= 11 is 5.85. The molecule has 0 saturated carbocycles. The van der Waals surface area contributed by atoms with Crippen LogP contribution in [0.25, 0.3) is 0 Å². The Morgan fingerprint density at radius 1 is 1.41 bits per heavy atom. The molecule has 0 spiro atoms. The second kappa shape index (κ2) is 8.71. The summed E-state index contributed by atoms with van der Waals surface area (Å²) in [5.74, 6) is -0.000627. The van der Waals surface area contributed by atoms with Gasteiger partial charge >= 0.3 is 0 Å². The molecule has 1 aliphatic rings. The van der Waals surface area contributed by atoms with E-state index in [9.17, 15) is 9.59 Å². The number of nitriles is 1. The molecule has 29 heavy (non-hydrogen) atoms. The molecule has 1 aliphatic heterocycles. The van der Waals surface area contributed by atoms with Crippen molar-refractivity contribution >= 4 is 35.1 Å². The van der Waals surface area contributed by atoms with Gasteiger partial charge in [0, 0.05) is 37.4 Å². The van der Waals surface area contributed by atoms with Gasteiger partial charge in [-0.15, -0.1) is 0 Å². The Balaban J connectivity index is 1.62. The lowest BCUT2D eigenvalue weighted by Gasteiger charge is -2.19. The number of amides is 2. The van der Waals surface area contributed by atoms with Gasteiger partial charge < -0.3 is 15.1 Å². The Morgan fingerprint density at radius 2 is 2.14 bits per heavy atom. The monoisotopic (exact) mass is 410 g/mol. The molecule has 3 rings (SSSR count). The van der Waals surface area contributed by atoms with Crippen LogP contribution >= 0.6 is 11.6 Å². The van der Waals surface area contributed by atoms with Crippen molar-refractivity contribution in [3.05, 3.63) is 59.4 Å². The van der Waals surface area contributed by atoms with Crippen molar-refractivity contribution in [2.24, 2.45) is 0 Å². The topological polar surface area (TPSA) is 102 Å². The van der Waals surface area contributed by atoms with E-state index in [1.54, 1.807) is 36.2 Å². The third kappa shape index (κ3) is 4.52. The standard InChI is InChI=1S/C20H19ClN6O2/c1-3-18(28)26(2)15-6-4-13(5-7-15)19(29)27-9-8-14(12-27)24-20-23-11-16(21)17(10-22)25-20/h3-7,11,14H,1,8-9,12H2,2H3,(H,23,24,25)/t14-/m1/s1. The van der Waals surface area contributed by atoms with Crippen molar-refractivity contribution in [2.45, 2.75) is 12.5 Å². The maximum Gasteiger partial charge on any atom is 0.253 e. The first-order valence-corrected chi connectivity index (χ1v) is 9.29. The van der Waals surface area contributed by atoms with Crippen molar-refractivity contribution in [3.63, 3.8) is 0 Å². The first kappa shape index (κ1) is 20.3. The van der Waals surface area contributed by atoms with Gasteiger partial charge in [0.15, 0.2) is 5.69 Å². The van der Waals surface area contributed by atoms with E-state index in [1.165, 1.54) is 17.2 Å². The number of aromatic nitrogens is 2. The van der Waals surface area contributed by atoms with Crippen LogP contribution in [0.5, 0.6) is 0 Å². The molecule has 1 aromatic heterocycles. The van der Waals surface area contributed by atoms with Crippen LogP contribution in [-0.2, 0) is 4.79 Å². The number of carbonyl (C=O) groups is 2. The van der Waals surface area contributed by atoms with E-state index in [0.717, 1.165) is 6.42 Å². The number of benzene rings is 1. The number of carbonyl (C=O) groups excluding carboxylic acids is 2. The lowest BCUT2D eigenvalue weighted by molar-refractivity contribution is -0.113. The summed E-state index contributed by atoms with van der Waals surface area (Å²) in [7, 11) is 1.65. The van der Waals surface area contributed by atoms with Crippen LogP contribution in [0.15, 0.2) is 43.1 Å². The molecule has 2 amide bonds. The zero-order valence-electron chi connectivity index (χ0n) is 15.8. The van der Waals surface area contributed by atoms with Crippen molar-refractivity contribution in [3.8, 4) is 6.07 Å². The van der Waals surface area contributed by atoms with Gasteiger partial charge in [-0.1, -0.05) is 18.2 Å². The predicted octanol–water partition coefficient (Wildman–Crippen LogP) is 2.48. The van der Waals surface area contributed by atoms with Crippen LogP contribution in [0.3, 0.4) is 0 Å². The first-order valence-electron chi connectivity index (χ1n) is 8.91. The molecule has 1 aromatic carbocycles.